The predicted octanol–water partition coefficient (Wildman–Crippen LogP) is 5.34. The van der Waals surface area contributed by atoms with Crippen molar-refractivity contribution < 1.29 is 14.6 Å². The van der Waals surface area contributed by atoms with Gasteiger partial charge in [-0.3, -0.25) is 9.58 Å². The van der Waals surface area contributed by atoms with E-state index in [1.54, 1.807) is 0 Å². The molecule has 0 amide bonds. The first-order chi connectivity index (χ1) is 16.8. The fourth-order valence-electron chi connectivity index (χ4n) is 4.48. The van der Waals surface area contributed by atoms with Crippen LogP contribution in [0.4, 0.5) is 0 Å². The molecule has 6 nitrogen and oxygen atoms in total. The van der Waals surface area contributed by atoms with E-state index in [1.165, 1.54) is 11.1 Å². The fourth-order valence-corrected chi connectivity index (χ4v) is 4.59. The molecule has 1 aliphatic heterocycles. The molecule has 0 saturated carbocycles. The van der Waals surface area contributed by atoms with Crippen molar-refractivity contribution in [1.82, 2.24) is 14.7 Å². The monoisotopic (exact) mass is 497 g/mol. The minimum atomic E-state index is -0.810. The van der Waals surface area contributed by atoms with E-state index in [-0.39, 0.29) is 0 Å². The van der Waals surface area contributed by atoms with Crippen LogP contribution in [0.3, 0.4) is 0 Å². The van der Waals surface area contributed by atoms with E-state index in [1.807, 2.05) is 62.1 Å². The predicted molar refractivity (Wildman–Crippen MR) is 139 cm³/mol. The van der Waals surface area contributed by atoms with Gasteiger partial charge in [0, 0.05) is 43.8 Å². The third kappa shape index (κ3) is 7.23. The Morgan fingerprint density at radius 2 is 1.77 bits per heavy atom. The van der Waals surface area contributed by atoms with Gasteiger partial charge in [-0.25, -0.2) is 0 Å². The van der Waals surface area contributed by atoms with Crippen molar-refractivity contribution >= 4 is 11.6 Å². The van der Waals surface area contributed by atoms with E-state index in [2.05, 4.69) is 22.1 Å². The molecule has 1 N–H and O–H groups in total. The first-order valence-electron chi connectivity index (χ1n) is 12.3. The quantitative estimate of drug-likeness (QED) is 0.383. The Bertz CT molecular complexity index is 1100. The molecule has 35 heavy (non-hydrogen) atoms. The minimum absolute atomic E-state index is 0.294. The van der Waals surface area contributed by atoms with Gasteiger partial charge in [0.1, 0.15) is 23.7 Å². The summed E-state index contributed by atoms with van der Waals surface area (Å²) in [5, 5.41) is 16.1. The molecule has 3 aromatic rings. The standard InChI is InChI=1S/C28H36ClN3O3/c1-21-17-30-32(18-21)10-5-13-34-25-7-4-6-24(16-25)19-31-11-8-28(33,9-12-31)20-35-26-14-22(2)27(29)23(3)15-26/h4,6-7,14-18,33H,5,8-13,19-20H2,1-3H3. The second-order valence-corrected chi connectivity index (χ2v) is 10.2. The smallest absolute Gasteiger partial charge is 0.120 e. The van der Waals surface area contributed by atoms with Crippen LogP contribution >= 0.6 is 11.6 Å². The maximum absolute atomic E-state index is 11.1. The molecule has 0 radical (unpaired) electrons. The summed E-state index contributed by atoms with van der Waals surface area (Å²) in [6.45, 7) is 10.3. The number of halogens is 1. The molecule has 4 rings (SSSR count). The molecule has 7 heteroatoms. The van der Waals surface area contributed by atoms with Crippen LogP contribution in [0, 0.1) is 20.8 Å². The molecule has 0 atom stereocenters. The topological polar surface area (TPSA) is 59.8 Å². The molecule has 0 spiro atoms. The number of ether oxygens (including phenoxy) is 2. The van der Waals surface area contributed by atoms with Gasteiger partial charge >= 0.3 is 0 Å². The van der Waals surface area contributed by atoms with Crippen LogP contribution in [0.15, 0.2) is 48.8 Å². The third-order valence-corrected chi connectivity index (χ3v) is 7.17. The number of hydrogen-bond acceptors (Lipinski definition) is 5. The average Bonchev–Trinajstić information content (AvgIpc) is 3.26. The summed E-state index contributed by atoms with van der Waals surface area (Å²) in [6.07, 6.45) is 6.20. The summed E-state index contributed by atoms with van der Waals surface area (Å²) in [5.41, 5.74) is 3.56. The summed E-state index contributed by atoms with van der Waals surface area (Å²) >= 11 is 6.25. The molecule has 2 aromatic carbocycles. The van der Waals surface area contributed by atoms with E-state index in [4.69, 9.17) is 21.1 Å². The minimum Gasteiger partial charge on any atom is -0.494 e. The zero-order valence-corrected chi connectivity index (χ0v) is 21.7. The van der Waals surface area contributed by atoms with Crippen LogP contribution in [0.5, 0.6) is 11.5 Å². The highest BCUT2D eigenvalue weighted by Crippen LogP contribution is 2.29. The lowest BCUT2D eigenvalue weighted by Gasteiger charge is -2.38. The highest BCUT2D eigenvalue weighted by molar-refractivity contribution is 6.32. The molecule has 2 heterocycles. The van der Waals surface area contributed by atoms with Crippen molar-refractivity contribution in [3.8, 4) is 11.5 Å². The van der Waals surface area contributed by atoms with Gasteiger partial charge in [0.15, 0.2) is 0 Å². The zero-order chi connectivity index (χ0) is 24.8. The highest BCUT2D eigenvalue weighted by Gasteiger charge is 2.33. The molecule has 1 aromatic heterocycles. The Morgan fingerprint density at radius 3 is 2.46 bits per heavy atom. The van der Waals surface area contributed by atoms with E-state index in [0.29, 0.717) is 26.1 Å². The lowest BCUT2D eigenvalue weighted by molar-refractivity contribution is -0.0537. The van der Waals surface area contributed by atoms with Crippen LogP contribution in [0.1, 0.15) is 41.5 Å². The van der Waals surface area contributed by atoms with Crippen molar-refractivity contribution in [1.29, 1.82) is 0 Å². The second kappa shape index (κ2) is 11.5. The molecule has 0 bridgehead atoms. The summed E-state index contributed by atoms with van der Waals surface area (Å²) in [5.74, 6) is 1.66. The fraction of sp³-hybridized carbons (Fsp3) is 0.464. The number of aliphatic hydroxyl groups is 1. The van der Waals surface area contributed by atoms with E-state index in [9.17, 15) is 5.11 Å². The van der Waals surface area contributed by atoms with Gasteiger partial charge < -0.3 is 14.6 Å². The first-order valence-corrected chi connectivity index (χ1v) is 12.7. The van der Waals surface area contributed by atoms with Crippen LogP contribution in [-0.2, 0) is 13.1 Å². The Balaban J connectivity index is 1.21. The summed E-state index contributed by atoms with van der Waals surface area (Å²) in [4.78, 5) is 2.38. The Morgan fingerprint density at radius 1 is 1.03 bits per heavy atom. The molecule has 1 aliphatic rings. The first kappa shape index (κ1) is 25.5. The number of benzene rings is 2. The van der Waals surface area contributed by atoms with Gasteiger partial charge in [-0.1, -0.05) is 23.7 Å². The van der Waals surface area contributed by atoms with Gasteiger partial charge in [-0.2, -0.15) is 5.10 Å². The lowest BCUT2D eigenvalue weighted by Crippen LogP contribution is -2.47. The number of hydrogen-bond donors (Lipinski definition) is 1. The maximum Gasteiger partial charge on any atom is 0.120 e. The van der Waals surface area contributed by atoms with Crippen molar-refractivity contribution in [2.45, 2.75) is 58.7 Å². The Hall–Kier alpha value is -2.54. The SMILES string of the molecule is Cc1cnn(CCCOc2cccc(CN3CCC(O)(COc4cc(C)c(Cl)c(C)c4)CC3)c2)c1. The molecule has 1 saturated heterocycles. The van der Waals surface area contributed by atoms with Gasteiger partial charge in [-0.15, -0.1) is 0 Å². The summed E-state index contributed by atoms with van der Waals surface area (Å²) in [6, 6.07) is 12.2. The molecular formula is C28H36ClN3O3. The van der Waals surface area contributed by atoms with Crippen LogP contribution < -0.4 is 9.47 Å². The normalized spacial score (nSPS) is 15.8. The maximum atomic E-state index is 11.1. The van der Waals surface area contributed by atoms with E-state index in [0.717, 1.165) is 60.2 Å². The average molecular weight is 498 g/mol. The number of aromatic nitrogens is 2. The van der Waals surface area contributed by atoms with Crippen molar-refractivity contribution in [2.75, 3.05) is 26.3 Å². The second-order valence-electron chi connectivity index (χ2n) is 9.79. The summed E-state index contributed by atoms with van der Waals surface area (Å²) in [7, 11) is 0. The number of aryl methyl sites for hydroxylation is 4. The molecule has 188 valence electrons. The summed E-state index contributed by atoms with van der Waals surface area (Å²) < 4.78 is 13.9. The number of likely N-dealkylation sites (tertiary alicyclic amines) is 1. The van der Waals surface area contributed by atoms with Gasteiger partial charge in [0.05, 0.1) is 12.8 Å². The van der Waals surface area contributed by atoms with Crippen LogP contribution in [-0.4, -0.2) is 51.7 Å². The number of piperidine rings is 1. The van der Waals surface area contributed by atoms with E-state index < -0.39 is 5.60 Å². The van der Waals surface area contributed by atoms with Gasteiger partial charge in [-0.05, 0) is 80.1 Å². The molecule has 0 unspecified atom stereocenters. The van der Waals surface area contributed by atoms with Gasteiger partial charge in [0.2, 0.25) is 0 Å². The van der Waals surface area contributed by atoms with Crippen LogP contribution in [0.2, 0.25) is 5.02 Å². The number of rotatable bonds is 10. The number of nitrogens with zero attached hydrogens (tertiary/aromatic N) is 3. The highest BCUT2D eigenvalue weighted by atomic mass is 35.5. The molecule has 0 aliphatic carbocycles. The molecular weight excluding hydrogens is 462 g/mol. The lowest BCUT2D eigenvalue weighted by atomic mass is 9.92. The Kier molecular flexibility index (Phi) is 8.37. The van der Waals surface area contributed by atoms with Crippen LogP contribution in [0.25, 0.3) is 0 Å². The largest absolute Gasteiger partial charge is 0.494 e. The zero-order valence-electron chi connectivity index (χ0n) is 21.0. The van der Waals surface area contributed by atoms with Crippen molar-refractivity contribution in [2.24, 2.45) is 0 Å². The van der Waals surface area contributed by atoms with Gasteiger partial charge in [0.25, 0.3) is 0 Å². The van der Waals surface area contributed by atoms with Crippen molar-refractivity contribution in [3.63, 3.8) is 0 Å². The van der Waals surface area contributed by atoms with Crippen molar-refractivity contribution in [3.05, 3.63) is 76.1 Å². The van der Waals surface area contributed by atoms with E-state index >= 15 is 0 Å². The Labute approximate surface area is 213 Å². The third-order valence-electron chi connectivity index (χ3n) is 6.57. The molecule has 1 fully saturated rings.